The zero-order valence-corrected chi connectivity index (χ0v) is 18.4. The number of aromatic nitrogens is 1. The van der Waals surface area contributed by atoms with E-state index in [-0.39, 0.29) is 34.7 Å². The number of nitrogens with zero attached hydrogens (tertiary/aromatic N) is 2. The number of piperazine rings is 1. The number of aryl methyl sites for hydroxylation is 1. The number of carbonyl (C=O) groups excluding carboxylic acids is 1. The number of halogens is 3. The Balaban J connectivity index is 1.80. The Hall–Kier alpha value is -3.39. The molecule has 1 aliphatic rings. The second kappa shape index (κ2) is 9.23. The van der Waals surface area contributed by atoms with Gasteiger partial charge in [-0.25, -0.2) is 13.2 Å². The predicted octanol–water partition coefficient (Wildman–Crippen LogP) is 4.13. The van der Waals surface area contributed by atoms with E-state index in [9.17, 15) is 14.0 Å². The average Bonchev–Trinajstić information content (AvgIpc) is 2.79. The first-order chi connectivity index (χ1) is 15.8. The molecule has 0 aliphatic carbocycles. The maximum Gasteiger partial charge on any atom is 0.200 e. The molecule has 4 rings (SSSR count). The summed E-state index contributed by atoms with van der Waals surface area (Å²) in [5.41, 5.74) is -0.531. The molecule has 33 heavy (non-hydrogen) atoms. The van der Waals surface area contributed by atoms with Crippen molar-refractivity contribution in [1.82, 2.24) is 9.88 Å². The standard InChI is InChI=1S/C25H24F3N3O2/c1-3-30-14-19(21(32)9-6-16-4-7-17(26)8-5-16)25(33)18-12-20(27)24(22(28)23(18)30)31-11-10-29-15(2)13-31/h4-9,12,14-15,29H,3,10-11,13H2,1-2H3. The van der Waals surface area contributed by atoms with E-state index < -0.39 is 28.7 Å². The quantitative estimate of drug-likeness (QED) is 0.464. The molecule has 5 nitrogen and oxygen atoms in total. The summed E-state index contributed by atoms with van der Waals surface area (Å²) in [6, 6.07) is 6.59. The molecule has 0 amide bonds. The number of ketones is 1. The van der Waals surface area contributed by atoms with E-state index in [1.807, 2.05) is 6.92 Å². The van der Waals surface area contributed by atoms with Crippen molar-refractivity contribution in [3.8, 4) is 0 Å². The summed E-state index contributed by atoms with van der Waals surface area (Å²) in [5, 5.41) is 3.05. The van der Waals surface area contributed by atoms with Gasteiger partial charge < -0.3 is 14.8 Å². The van der Waals surface area contributed by atoms with Crippen LogP contribution in [0.15, 0.2) is 47.4 Å². The number of rotatable bonds is 5. The molecule has 0 radical (unpaired) electrons. The Morgan fingerprint density at radius 3 is 2.61 bits per heavy atom. The van der Waals surface area contributed by atoms with Crippen LogP contribution in [0.3, 0.4) is 0 Å². The summed E-state index contributed by atoms with van der Waals surface area (Å²) in [7, 11) is 0. The largest absolute Gasteiger partial charge is 0.364 e. The molecule has 1 unspecified atom stereocenters. The van der Waals surface area contributed by atoms with Crippen molar-refractivity contribution in [1.29, 1.82) is 0 Å². The lowest BCUT2D eigenvalue weighted by atomic mass is 10.0. The molecule has 1 atom stereocenters. The van der Waals surface area contributed by atoms with E-state index in [0.29, 0.717) is 25.2 Å². The normalized spacial score (nSPS) is 16.6. The van der Waals surface area contributed by atoms with Gasteiger partial charge in [0.2, 0.25) is 5.43 Å². The first kappa shape index (κ1) is 22.8. The highest BCUT2D eigenvalue weighted by Gasteiger charge is 2.26. The number of benzene rings is 2. The van der Waals surface area contributed by atoms with Gasteiger partial charge >= 0.3 is 0 Å². The molecule has 1 N–H and O–H groups in total. The zero-order chi connectivity index (χ0) is 23.7. The second-order valence-electron chi connectivity index (χ2n) is 8.13. The second-order valence-corrected chi connectivity index (χ2v) is 8.13. The number of fused-ring (bicyclic) bond motifs is 1. The molecular weight excluding hydrogens is 431 g/mol. The number of hydrogen-bond donors (Lipinski definition) is 1. The minimum atomic E-state index is -0.833. The summed E-state index contributed by atoms with van der Waals surface area (Å²) < 4.78 is 45.2. The summed E-state index contributed by atoms with van der Waals surface area (Å²) in [5.74, 6) is -2.65. The van der Waals surface area contributed by atoms with Gasteiger partial charge in [-0.2, -0.15) is 0 Å². The Bertz CT molecular complexity index is 1300. The minimum Gasteiger partial charge on any atom is -0.364 e. The number of pyridine rings is 1. The van der Waals surface area contributed by atoms with Crippen LogP contribution >= 0.6 is 0 Å². The van der Waals surface area contributed by atoms with Crippen LogP contribution in [0, 0.1) is 17.5 Å². The number of carbonyl (C=O) groups is 1. The highest BCUT2D eigenvalue weighted by atomic mass is 19.1. The molecule has 2 aromatic carbocycles. The molecule has 1 aliphatic heterocycles. The van der Waals surface area contributed by atoms with Crippen molar-refractivity contribution in [2.45, 2.75) is 26.4 Å². The van der Waals surface area contributed by atoms with Crippen LogP contribution in [-0.4, -0.2) is 36.0 Å². The Morgan fingerprint density at radius 2 is 1.94 bits per heavy atom. The van der Waals surface area contributed by atoms with Crippen LogP contribution in [0.4, 0.5) is 18.9 Å². The Labute approximate surface area is 189 Å². The van der Waals surface area contributed by atoms with Crippen molar-refractivity contribution < 1.29 is 18.0 Å². The first-order valence-corrected chi connectivity index (χ1v) is 10.8. The number of anilines is 1. The topological polar surface area (TPSA) is 54.3 Å². The van der Waals surface area contributed by atoms with Crippen molar-refractivity contribution in [2.24, 2.45) is 0 Å². The van der Waals surface area contributed by atoms with Crippen LogP contribution in [0.25, 0.3) is 17.0 Å². The number of nitrogens with one attached hydrogen (secondary N) is 1. The molecular formula is C25H24F3N3O2. The third-order valence-corrected chi connectivity index (χ3v) is 5.82. The highest BCUT2D eigenvalue weighted by Crippen LogP contribution is 2.30. The van der Waals surface area contributed by atoms with Crippen molar-refractivity contribution >= 4 is 28.4 Å². The molecule has 0 bridgehead atoms. The molecule has 172 valence electrons. The van der Waals surface area contributed by atoms with Gasteiger partial charge in [0.25, 0.3) is 0 Å². The van der Waals surface area contributed by atoms with Gasteiger partial charge in [0.1, 0.15) is 17.3 Å². The third kappa shape index (κ3) is 4.43. The smallest absolute Gasteiger partial charge is 0.200 e. The van der Waals surface area contributed by atoms with E-state index in [4.69, 9.17) is 0 Å². The van der Waals surface area contributed by atoms with Crippen molar-refractivity contribution in [3.05, 3.63) is 81.4 Å². The van der Waals surface area contributed by atoms with Gasteiger partial charge in [-0.1, -0.05) is 18.2 Å². The predicted molar refractivity (Wildman–Crippen MR) is 123 cm³/mol. The third-order valence-electron chi connectivity index (χ3n) is 5.82. The molecule has 1 saturated heterocycles. The van der Waals surface area contributed by atoms with Gasteiger partial charge in [0.05, 0.1) is 16.5 Å². The lowest BCUT2D eigenvalue weighted by molar-refractivity contribution is 0.104. The molecule has 8 heteroatoms. The monoisotopic (exact) mass is 455 g/mol. The Morgan fingerprint density at radius 1 is 1.21 bits per heavy atom. The lowest BCUT2D eigenvalue weighted by Gasteiger charge is -2.34. The average molecular weight is 455 g/mol. The van der Waals surface area contributed by atoms with Crippen LogP contribution < -0.4 is 15.6 Å². The van der Waals surface area contributed by atoms with Crippen LogP contribution in [0.2, 0.25) is 0 Å². The van der Waals surface area contributed by atoms with Crippen molar-refractivity contribution in [3.63, 3.8) is 0 Å². The number of allylic oxidation sites excluding steroid dienone is 1. The van der Waals surface area contributed by atoms with E-state index in [0.717, 1.165) is 6.07 Å². The maximum atomic E-state index is 15.6. The molecule has 1 aromatic heterocycles. The maximum absolute atomic E-state index is 15.6. The van der Waals surface area contributed by atoms with Gasteiger partial charge in [-0.05, 0) is 43.7 Å². The minimum absolute atomic E-state index is 0.0239. The summed E-state index contributed by atoms with van der Waals surface area (Å²) in [6.07, 6.45) is 3.96. The fourth-order valence-corrected chi connectivity index (χ4v) is 4.16. The van der Waals surface area contributed by atoms with Crippen molar-refractivity contribution in [2.75, 3.05) is 24.5 Å². The van der Waals surface area contributed by atoms with Gasteiger partial charge in [0, 0.05) is 38.4 Å². The molecule has 1 fully saturated rings. The molecule has 3 aromatic rings. The summed E-state index contributed by atoms with van der Waals surface area (Å²) in [4.78, 5) is 27.5. The number of hydrogen-bond acceptors (Lipinski definition) is 4. The Kier molecular flexibility index (Phi) is 6.37. The van der Waals surface area contributed by atoms with Gasteiger partial charge in [0.15, 0.2) is 11.6 Å². The fourth-order valence-electron chi connectivity index (χ4n) is 4.16. The van der Waals surface area contributed by atoms with Gasteiger partial charge in [-0.3, -0.25) is 9.59 Å². The summed E-state index contributed by atoms with van der Waals surface area (Å²) >= 11 is 0. The van der Waals surface area contributed by atoms with Crippen LogP contribution in [0.5, 0.6) is 0 Å². The van der Waals surface area contributed by atoms with E-state index >= 15 is 8.78 Å². The molecule has 0 spiro atoms. The van der Waals surface area contributed by atoms with Crippen LogP contribution in [-0.2, 0) is 6.54 Å². The van der Waals surface area contributed by atoms with E-state index in [1.54, 1.807) is 11.8 Å². The van der Waals surface area contributed by atoms with E-state index in [2.05, 4.69) is 5.32 Å². The molecule has 2 heterocycles. The van der Waals surface area contributed by atoms with E-state index in [1.165, 1.54) is 47.2 Å². The zero-order valence-electron chi connectivity index (χ0n) is 18.4. The first-order valence-electron chi connectivity index (χ1n) is 10.8. The highest BCUT2D eigenvalue weighted by molar-refractivity contribution is 6.08. The lowest BCUT2D eigenvalue weighted by Crippen LogP contribution is -2.49. The van der Waals surface area contributed by atoms with Crippen LogP contribution in [0.1, 0.15) is 29.8 Å². The van der Waals surface area contributed by atoms with Gasteiger partial charge in [-0.15, -0.1) is 0 Å². The SMILES string of the molecule is CCn1cc(C(=O)C=Cc2ccc(F)cc2)c(=O)c2cc(F)c(N3CCNC(C)C3)c(F)c21. The molecule has 0 saturated carbocycles. The summed E-state index contributed by atoms with van der Waals surface area (Å²) in [6.45, 7) is 5.42. The fraction of sp³-hybridized carbons (Fsp3) is 0.280.